The molecular formula is C16H25NO. The summed E-state index contributed by atoms with van der Waals surface area (Å²) in [7, 11) is 0. The number of hydrogen-bond donors (Lipinski definition) is 2. The Morgan fingerprint density at radius 1 is 1.11 bits per heavy atom. The van der Waals surface area contributed by atoms with E-state index in [-0.39, 0.29) is 0 Å². The highest BCUT2D eigenvalue weighted by Crippen LogP contribution is 2.38. The van der Waals surface area contributed by atoms with Crippen LogP contribution in [0.15, 0.2) is 24.3 Å². The molecule has 2 nitrogen and oxygen atoms in total. The lowest BCUT2D eigenvalue weighted by atomic mass is 9.71. The lowest BCUT2D eigenvalue weighted by molar-refractivity contribution is 0.173. The van der Waals surface area contributed by atoms with Crippen LogP contribution in [0.2, 0.25) is 0 Å². The second kappa shape index (κ2) is 5.21. The van der Waals surface area contributed by atoms with Gasteiger partial charge in [-0.1, -0.05) is 26.8 Å². The maximum Gasteiger partial charge on any atom is 0.117 e. The summed E-state index contributed by atoms with van der Waals surface area (Å²) in [5.41, 5.74) is 1.48. The summed E-state index contributed by atoms with van der Waals surface area (Å²) in [5, 5.41) is 13.0. The largest absolute Gasteiger partial charge is 0.508 e. The molecule has 0 radical (unpaired) electrons. The van der Waals surface area contributed by atoms with Crippen molar-refractivity contribution in [3.63, 3.8) is 0 Å². The van der Waals surface area contributed by atoms with E-state index in [1.54, 1.807) is 12.1 Å². The van der Waals surface area contributed by atoms with Crippen molar-refractivity contribution in [1.29, 1.82) is 0 Å². The van der Waals surface area contributed by atoms with Crippen molar-refractivity contribution in [1.82, 2.24) is 0 Å². The van der Waals surface area contributed by atoms with Gasteiger partial charge in [0, 0.05) is 17.8 Å². The first kappa shape index (κ1) is 13.3. The third-order valence-corrected chi connectivity index (χ3v) is 4.17. The third kappa shape index (κ3) is 3.41. The molecule has 100 valence electrons. The molecule has 0 bridgehead atoms. The normalized spacial score (nSPS) is 24.8. The van der Waals surface area contributed by atoms with E-state index in [0.29, 0.717) is 17.2 Å². The van der Waals surface area contributed by atoms with Gasteiger partial charge in [-0.2, -0.15) is 0 Å². The first-order valence-corrected chi connectivity index (χ1v) is 7.01. The molecule has 1 aliphatic carbocycles. The van der Waals surface area contributed by atoms with E-state index in [4.69, 9.17) is 0 Å². The lowest BCUT2D eigenvalue weighted by Crippen LogP contribution is -2.31. The van der Waals surface area contributed by atoms with Gasteiger partial charge in [-0.3, -0.25) is 0 Å². The van der Waals surface area contributed by atoms with Crippen LogP contribution in [0.25, 0.3) is 0 Å². The number of aromatic hydroxyl groups is 1. The van der Waals surface area contributed by atoms with E-state index in [0.717, 1.165) is 11.6 Å². The number of anilines is 1. The number of benzene rings is 1. The van der Waals surface area contributed by atoms with Crippen LogP contribution < -0.4 is 5.32 Å². The molecule has 2 heteroatoms. The molecule has 1 aromatic carbocycles. The monoisotopic (exact) mass is 247 g/mol. The molecule has 1 aromatic rings. The van der Waals surface area contributed by atoms with E-state index < -0.39 is 0 Å². The molecule has 1 fully saturated rings. The Labute approximate surface area is 110 Å². The zero-order valence-electron chi connectivity index (χ0n) is 11.7. The van der Waals surface area contributed by atoms with Crippen LogP contribution in [-0.4, -0.2) is 11.1 Å². The summed E-state index contributed by atoms with van der Waals surface area (Å²) in [5.74, 6) is 1.18. The third-order valence-electron chi connectivity index (χ3n) is 4.17. The second-order valence-electron chi connectivity index (χ2n) is 6.61. The van der Waals surface area contributed by atoms with Crippen molar-refractivity contribution in [2.75, 3.05) is 5.32 Å². The Morgan fingerprint density at radius 3 is 2.33 bits per heavy atom. The average molecular weight is 247 g/mol. The highest BCUT2D eigenvalue weighted by Gasteiger charge is 2.29. The predicted octanol–water partition coefficient (Wildman–Crippen LogP) is 4.41. The van der Waals surface area contributed by atoms with E-state index in [2.05, 4.69) is 26.1 Å². The highest BCUT2D eigenvalue weighted by atomic mass is 16.3. The van der Waals surface area contributed by atoms with E-state index in [1.165, 1.54) is 25.7 Å². The molecule has 2 N–H and O–H groups in total. The van der Waals surface area contributed by atoms with E-state index >= 15 is 0 Å². The Hall–Kier alpha value is -1.18. The van der Waals surface area contributed by atoms with Gasteiger partial charge in [0.1, 0.15) is 5.75 Å². The van der Waals surface area contributed by atoms with Crippen LogP contribution in [-0.2, 0) is 0 Å². The first-order valence-electron chi connectivity index (χ1n) is 7.01. The van der Waals surface area contributed by atoms with Crippen molar-refractivity contribution < 1.29 is 5.11 Å². The van der Waals surface area contributed by atoms with Gasteiger partial charge in [0.15, 0.2) is 0 Å². The van der Waals surface area contributed by atoms with E-state index in [1.807, 2.05) is 12.1 Å². The summed E-state index contributed by atoms with van der Waals surface area (Å²) in [6.07, 6.45) is 5.08. The molecule has 1 saturated carbocycles. The van der Waals surface area contributed by atoms with Gasteiger partial charge in [0.05, 0.1) is 0 Å². The quantitative estimate of drug-likeness (QED) is 0.811. The van der Waals surface area contributed by atoms with Crippen molar-refractivity contribution in [3.05, 3.63) is 24.3 Å². The van der Waals surface area contributed by atoms with Crippen molar-refractivity contribution >= 4 is 5.69 Å². The van der Waals surface area contributed by atoms with Crippen LogP contribution in [0.4, 0.5) is 5.69 Å². The van der Waals surface area contributed by atoms with Gasteiger partial charge in [-0.15, -0.1) is 0 Å². The summed E-state index contributed by atoms with van der Waals surface area (Å²) in [6.45, 7) is 7.04. The van der Waals surface area contributed by atoms with Gasteiger partial charge < -0.3 is 10.4 Å². The maximum absolute atomic E-state index is 9.45. The number of phenols is 1. The lowest BCUT2D eigenvalue weighted by Gasteiger charge is -2.37. The topological polar surface area (TPSA) is 32.3 Å². The zero-order chi connectivity index (χ0) is 13.2. The molecule has 1 aliphatic rings. The van der Waals surface area contributed by atoms with Gasteiger partial charge >= 0.3 is 0 Å². The molecule has 0 aliphatic heterocycles. The van der Waals surface area contributed by atoms with E-state index in [9.17, 15) is 5.11 Å². The van der Waals surface area contributed by atoms with Crippen molar-refractivity contribution in [3.8, 4) is 5.75 Å². The summed E-state index contributed by atoms with van der Waals surface area (Å²) in [6, 6.07) is 7.98. The summed E-state index contributed by atoms with van der Waals surface area (Å²) >= 11 is 0. The Morgan fingerprint density at radius 2 is 1.78 bits per heavy atom. The molecule has 0 heterocycles. The molecule has 0 aromatic heterocycles. The molecule has 18 heavy (non-hydrogen) atoms. The fourth-order valence-electron chi connectivity index (χ4n) is 2.94. The first-order chi connectivity index (χ1) is 8.45. The van der Waals surface area contributed by atoms with Crippen molar-refractivity contribution in [2.24, 2.45) is 11.3 Å². The average Bonchev–Trinajstić information content (AvgIpc) is 2.28. The minimum Gasteiger partial charge on any atom is -0.508 e. The van der Waals surface area contributed by atoms with Gasteiger partial charge in [-0.25, -0.2) is 0 Å². The SMILES string of the molecule is CC(C)(C)C1CCC(Nc2cccc(O)c2)CC1. The standard InChI is InChI=1S/C16H25NO/c1-16(2,3)12-7-9-13(10-8-12)17-14-5-4-6-15(18)11-14/h4-6,11-13,17-18H,7-10H2,1-3H3. The van der Waals surface area contributed by atoms with Crippen LogP contribution in [0.5, 0.6) is 5.75 Å². The highest BCUT2D eigenvalue weighted by molar-refractivity contribution is 5.48. The van der Waals surface area contributed by atoms with Crippen LogP contribution in [0.3, 0.4) is 0 Å². The molecule has 0 amide bonds. The number of hydrogen-bond acceptors (Lipinski definition) is 2. The summed E-state index contributed by atoms with van der Waals surface area (Å²) < 4.78 is 0. The number of rotatable bonds is 2. The minimum atomic E-state index is 0.336. The van der Waals surface area contributed by atoms with Crippen LogP contribution in [0.1, 0.15) is 46.5 Å². The molecular weight excluding hydrogens is 222 g/mol. The summed E-state index contributed by atoms with van der Waals surface area (Å²) in [4.78, 5) is 0. The molecule has 0 unspecified atom stereocenters. The zero-order valence-corrected chi connectivity index (χ0v) is 11.7. The van der Waals surface area contributed by atoms with Gasteiger partial charge in [0.25, 0.3) is 0 Å². The fraction of sp³-hybridized carbons (Fsp3) is 0.625. The van der Waals surface area contributed by atoms with Gasteiger partial charge in [0.2, 0.25) is 0 Å². The molecule has 0 atom stereocenters. The molecule has 0 spiro atoms. The Bertz CT molecular complexity index is 386. The number of nitrogens with one attached hydrogen (secondary N) is 1. The fourth-order valence-corrected chi connectivity index (χ4v) is 2.94. The smallest absolute Gasteiger partial charge is 0.117 e. The van der Waals surface area contributed by atoms with Crippen LogP contribution in [0, 0.1) is 11.3 Å². The maximum atomic E-state index is 9.45. The second-order valence-corrected chi connectivity index (χ2v) is 6.61. The Kier molecular flexibility index (Phi) is 3.84. The molecule has 2 rings (SSSR count). The molecule has 0 saturated heterocycles. The minimum absolute atomic E-state index is 0.336. The number of phenolic OH excluding ortho intramolecular Hbond substituents is 1. The predicted molar refractivity (Wildman–Crippen MR) is 76.9 cm³/mol. The van der Waals surface area contributed by atoms with Crippen LogP contribution >= 0.6 is 0 Å². The van der Waals surface area contributed by atoms with Gasteiger partial charge in [-0.05, 0) is 49.1 Å². The van der Waals surface area contributed by atoms with Crippen molar-refractivity contribution in [2.45, 2.75) is 52.5 Å². The Balaban J connectivity index is 1.87.